The molecule has 2 heteroatoms. The molecule has 2 nitrogen and oxygen atoms in total. The van der Waals surface area contributed by atoms with Crippen molar-refractivity contribution in [3.8, 4) is 11.3 Å². The summed E-state index contributed by atoms with van der Waals surface area (Å²) in [6.07, 6.45) is 10.9. The van der Waals surface area contributed by atoms with E-state index in [0.29, 0.717) is 0 Å². The van der Waals surface area contributed by atoms with Gasteiger partial charge in [-0.15, -0.1) is 0 Å². The highest BCUT2D eigenvalue weighted by molar-refractivity contribution is 5.80. The Kier molecular flexibility index (Phi) is 4.92. The fraction of sp³-hybridized carbons (Fsp3) is 0.286. The van der Waals surface area contributed by atoms with Crippen LogP contribution in [0.4, 0.5) is 0 Å². The summed E-state index contributed by atoms with van der Waals surface area (Å²) < 4.78 is 2.21. The molecule has 0 atom stereocenters. The van der Waals surface area contributed by atoms with Crippen LogP contribution in [0.2, 0.25) is 0 Å². The number of hydrogen-bond acceptors (Lipinski definition) is 1. The first-order valence-corrected chi connectivity index (χ1v) is 8.55. The maximum Gasteiger partial charge on any atom is 0.0997 e. The predicted molar refractivity (Wildman–Crippen MR) is 98.4 cm³/mol. The lowest BCUT2D eigenvalue weighted by atomic mass is 9.98. The van der Waals surface area contributed by atoms with Gasteiger partial charge in [0.25, 0.3) is 0 Å². The Bertz CT molecular complexity index is 797. The molecule has 2 aromatic heterocycles. The van der Waals surface area contributed by atoms with Gasteiger partial charge in [-0.25, -0.2) is 4.98 Å². The molecule has 0 radical (unpaired) electrons. The molecule has 0 saturated heterocycles. The van der Waals surface area contributed by atoms with Gasteiger partial charge in [-0.3, -0.25) is 4.40 Å². The van der Waals surface area contributed by atoms with E-state index in [1.807, 2.05) is 12.5 Å². The first kappa shape index (κ1) is 15.5. The van der Waals surface area contributed by atoms with Crippen molar-refractivity contribution in [3.63, 3.8) is 0 Å². The van der Waals surface area contributed by atoms with Crippen LogP contribution in [0.25, 0.3) is 22.3 Å². The van der Waals surface area contributed by atoms with Gasteiger partial charge in [0.1, 0.15) is 0 Å². The van der Waals surface area contributed by atoms with Gasteiger partial charge >= 0.3 is 0 Å². The fourth-order valence-corrected chi connectivity index (χ4v) is 3.06. The molecule has 0 saturated carbocycles. The minimum Gasteiger partial charge on any atom is -0.298 e. The summed E-state index contributed by atoms with van der Waals surface area (Å²) >= 11 is 0. The van der Waals surface area contributed by atoms with Gasteiger partial charge in [-0.1, -0.05) is 69.2 Å². The van der Waals surface area contributed by atoms with E-state index < -0.39 is 0 Å². The highest BCUT2D eigenvalue weighted by atomic mass is 15.0. The summed E-state index contributed by atoms with van der Waals surface area (Å²) in [5, 5.41) is 0. The smallest absolute Gasteiger partial charge is 0.0997 e. The summed E-state index contributed by atoms with van der Waals surface area (Å²) in [5.74, 6) is 0. The Balaban J connectivity index is 2.13. The molecular formula is C21H24N2. The number of pyridine rings is 1. The molecule has 3 aromatic rings. The number of aromatic nitrogens is 2. The normalized spacial score (nSPS) is 12.0. The third-order valence-electron chi connectivity index (χ3n) is 4.20. The van der Waals surface area contributed by atoms with Gasteiger partial charge < -0.3 is 0 Å². The van der Waals surface area contributed by atoms with E-state index in [0.717, 1.165) is 19.3 Å². The van der Waals surface area contributed by atoms with E-state index in [9.17, 15) is 0 Å². The fourth-order valence-electron chi connectivity index (χ4n) is 3.06. The first-order valence-electron chi connectivity index (χ1n) is 8.55. The molecule has 118 valence electrons. The van der Waals surface area contributed by atoms with Gasteiger partial charge in [0.15, 0.2) is 0 Å². The molecule has 2 heterocycles. The van der Waals surface area contributed by atoms with Crippen molar-refractivity contribution in [3.05, 3.63) is 66.6 Å². The molecule has 0 fully saturated rings. The van der Waals surface area contributed by atoms with Gasteiger partial charge in [0, 0.05) is 5.56 Å². The Labute approximate surface area is 138 Å². The molecular weight excluding hydrogens is 280 g/mol. The number of rotatable bonds is 6. The van der Waals surface area contributed by atoms with E-state index in [1.54, 1.807) is 0 Å². The number of benzene rings is 1. The zero-order valence-corrected chi connectivity index (χ0v) is 14.0. The molecule has 3 rings (SSSR count). The Morgan fingerprint density at radius 2 is 1.87 bits per heavy atom. The topological polar surface area (TPSA) is 17.3 Å². The molecule has 0 aliphatic carbocycles. The third-order valence-corrected chi connectivity index (χ3v) is 4.20. The summed E-state index contributed by atoms with van der Waals surface area (Å²) in [7, 11) is 0. The number of hydrogen-bond donors (Lipinski definition) is 0. The minimum atomic E-state index is 1.12. The zero-order chi connectivity index (χ0) is 16.1. The first-order chi connectivity index (χ1) is 11.3. The monoisotopic (exact) mass is 304 g/mol. The number of allylic oxidation sites excluding steroid dienone is 2. The number of fused-ring (bicyclic) bond motifs is 1. The Hall–Kier alpha value is -2.35. The van der Waals surface area contributed by atoms with Crippen LogP contribution >= 0.6 is 0 Å². The van der Waals surface area contributed by atoms with Crippen LogP contribution in [0, 0.1) is 0 Å². The average Bonchev–Trinajstić information content (AvgIpc) is 3.08. The van der Waals surface area contributed by atoms with E-state index in [4.69, 9.17) is 0 Å². The van der Waals surface area contributed by atoms with E-state index in [1.165, 1.54) is 34.3 Å². The second-order valence-electron chi connectivity index (χ2n) is 5.92. The van der Waals surface area contributed by atoms with E-state index in [2.05, 4.69) is 71.8 Å². The van der Waals surface area contributed by atoms with Crippen molar-refractivity contribution in [2.75, 3.05) is 0 Å². The summed E-state index contributed by atoms with van der Waals surface area (Å²) in [5.41, 5.74) is 6.36. The summed E-state index contributed by atoms with van der Waals surface area (Å²) in [4.78, 5) is 4.41. The molecule has 1 aromatic carbocycles. The predicted octanol–water partition coefficient (Wildman–Crippen LogP) is 5.98. The number of imidazole rings is 1. The average molecular weight is 304 g/mol. The standard InChI is InChI=1S/C21H24N2/c1-3-5-10-17(9-4-2)19-13-14-20(18-11-7-6-8-12-18)23-16-22-15-21(19)23/h6-8,10-16H,3-5,9H2,1-2H3/b17-10+. The van der Waals surface area contributed by atoms with Crippen LogP contribution in [-0.4, -0.2) is 9.38 Å². The maximum absolute atomic E-state index is 4.41. The van der Waals surface area contributed by atoms with Crippen LogP contribution < -0.4 is 0 Å². The van der Waals surface area contributed by atoms with Gasteiger partial charge in [0.2, 0.25) is 0 Å². The van der Waals surface area contributed by atoms with Crippen molar-refractivity contribution in [1.29, 1.82) is 0 Å². The van der Waals surface area contributed by atoms with E-state index in [-0.39, 0.29) is 0 Å². The molecule has 0 aliphatic heterocycles. The van der Waals surface area contributed by atoms with Crippen molar-refractivity contribution >= 4 is 11.1 Å². The van der Waals surface area contributed by atoms with Crippen molar-refractivity contribution < 1.29 is 0 Å². The molecule has 0 bridgehead atoms. The number of nitrogens with zero attached hydrogens (tertiary/aromatic N) is 2. The van der Waals surface area contributed by atoms with Crippen LogP contribution in [0.1, 0.15) is 45.1 Å². The minimum absolute atomic E-state index is 1.12. The summed E-state index contributed by atoms with van der Waals surface area (Å²) in [6, 6.07) is 15.0. The van der Waals surface area contributed by atoms with Gasteiger partial charge in [-0.05, 0) is 30.0 Å². The van der Waals surface area contributed by atoms with Crippen molar-refractivity contribution in [2.45, 2.75) is 39.5 Å². The molecule has 23 heavy (non-hydrogen) atoms. The molecule has 0 unspecified atom stereocenters. The maximum atomic E-state index is 4.41. The lowest BCUT2D eigenvalue weighted by molar-refractivity contribution is 0.933. The lowest BCUT2D eigenvalue weighted by Gasteiger charge is -2.13. The Morgan fingerprint density at radius 3 is 2.61 bits per heavy atom. The van der Waals surface area contributed by atoms with Crippen molar-refractivity contribution in [1.82, 2.24) is 9.38 Å². The largest absolute Gasteiger partial charge is 0.298 e. The summed E-state index contributed by atoms with van der Waals surface area (Å²) in [6.45, 7) is 4.47. The number of unbranched alkanes of at least 4 members (excludes halogenated alkanes) is 1. The molecule has 0 amide bonds. The molecule has 0 aliphatic rings. The van der Waals surface area contributed by atoms with Crippen molar-refractivity contribution in [2.24, 2.45) is 0 Å². The highest BCUT2D eigenvalue weighted by Crippen LogP contribution is 2.29. The lowest BCUT2D eigenvalue weighted by Crippen LogP contribution is -1.95. The third kappa shape index (κ3) is 3.21. The zero-order valence-electron chi connectivity index (χ0n) is 14.0. The van der Waals surface area contributed by atoms with Gasteiger partial charge in [-0.2, -0.15) is 0 Å². The molecule has 0 spiro atoms. The molecule has 0 N–H and O–H groups in total. The van der Waals surface area contributed by atoms with Crippen LogP contribution in [0.5, 0.6) is 0 Å². The second kappa shape index (κ2) is 7.28. The quantitative estimate of drug-likeness (QED) is 0.547. The van der Waals surface area contributed by atoms with Crippen LogP contribution in [0.15, 0.2) is 61.1 Å². The highest BCUT2D eigenvalue weighted by Gasteiger charge is 2.10. The van der Waals surface area contributed by atoms with Crippen LogP contribution in [0.3, 0.4) is 0 Å². The van der Waals surface area contributed by atoms with Crippen LogP contribution in [-0.2, 0) is 0 Å². The Morgan fingerprint density at radius 1 is 1.04 bits per heavy atom. The SMILES string of the molecule is CCC/C=C(\CCC)c1ccc(-c2ccccc2)n2cncc12. The van der Waals surface area contributed by atoms with Gasteiger partial charge in [0.05, 0.1) is 23.7 Å². The second-order valence-corrected chi connectivity index (χ2v) is 5.92. The van der Waals surface area contributed by atoms with E-state index >= 15 is 0 Å².